The first-order valence-corrected chi connectivity index (χ1v) is 10.7. The lowest BCUT2D eigenvalue weighted by Gasteiger charge is -2.39. The van der Waals surface area contributed by atoms with Crippen molar-refractivity contribution in [3.63, 3.8) is 0 Å². The molecule has 0 unspecified atom stereocenters. The van der Waals surface area contributed by atoms with Crippen molar-refractivity contribution in [3.05, 3.63) is 29.8 Å². The smallest absolute Gasteiger partial charge is 0.211 e. The number of piperidine rings is 1. The van der Waals surface area contributed by atoms with Crippen LogP contribution in [-0.4, -0.2) is 58.4 Å². The number of para-hydroxylation sites is 1. The number of hydrogen-bond donors (Lipinski definition) is 0. The van der Waals surface area contributed by atoms with Crippen LogP contribution in [0.3, 0.4) is 0 Å². The number of sulfonamides is 1. The summed E-state index contributed by atoms with van der Waals surface area (Å²) in [4.78, 5) is 2.52. The number of fused-ring (bicyclic) bond motifs is 2. The van der Waals surface area contributed by atoms with Gasteiger partial charge in [0.2, 0.25) is 10.0 Å². The molecule has 0 aromatic heterocycles. The van der Waals surface area contributed by atoms with Crippen molar-refractivity contribution in [1.29, 1.82) is 0 Å². The van der Waals surface area contributed by atoms with Gasteiger partial charge in [-0.2, -0.15) is 0 Å². The van der Waals surface area contributed by atoms with Crippen molar-refractivity contribution >= 4 is 15.7 Å². The van der Waals surface area contributed by atoms with Gasteiger partial charge < -0.3 is 9.64 Å². The van der Waals surface area contributed by atoms with Gasteiger partial charge >= 0.3 is 0 Å². The zero-order valence-corrected chi connectivity index (χ0v) is 15.1. The molecule has 0 N–H and O–H groups in total. The predicted molar refractivity (Wildman–Crippen MR) is 94.9 cm³/mol. The molecule has 3 heterocycles. The quantitative estimate of drug-likeness (QED) is 0.835. The van der Waals surface area contributed by atoms with Crippen LogP contribution < -0.4 is 4.90 Å². The molecule has 6 heteroatoms. The molecule has 0 bridgehead atoms. The summed E-state index contributed by atoms with van der Waals surface area (Å²) in [6, 6.07) is 8.70. The van der Waals surface area contributed by atoms with Crippen LogP contribution >= 0.6 is 0 Å². The molecule has 132 valence electrons. The van der Waals surface area contributed by atoms with Gasteiger partial charge in [0.15, 0.2) is 0 Å². The topological polar surface area (TPSA) is 49.9 Å². The molecule has 1 spiro atoms. The molecule has 5 nitrogen and oxygen atoms in total. The minimum atomic E-state index is -3.08. The molecule has 1 aromatic carbocycles. The van der Waals surface area contributed by atoms with Crippen molar-refractivity contribution in [2.75, 3.05) is 50.5 Å². The van der Waals surface area contributed by atoms with E-state index in [9.17, 15) is 8.42 Å². The fourth-order valence-corrected chi connectivity index (χ4v) is 5.45. The van der Waals surface area contributed by atoms with E-state index in [0.717, 1.165) is 45.6 Å². The Kier molecular flexibility index (Phi) is 4.09. The van der Waals surface area contributed by atoms with Gasteiger partial charge in [0.05, 0.1) is 12.9 Å². The van der Waals surface area contributed by atoms with E-state index in [-0.39, 0.29) is 5.41 Å². The third kappa shape index (κ3) is 2.85. The summed E-state index contributed by atoms with van der Waals surface area (Å²) < 4.78 is 30.8. The standard InChI is InChI=1S/C18H26N2O3S/c1-24(21,22)20-9-7-18(8-10-20)14-19(12-15-6-11-23-13-15)17-5-3-2-4-16(17)18/h2-5,15H,6-14H2,1H3/t15-/m1/s1. The van der Waals surface area contributed by atoms with Crippen LogP contribution in [0.4, 0.5) is 5.69 Å². The van der Waals surface area contributed by atoms with Crippen molar-refractivity contribution in [3.8, 4) is 0 Å². The van der Waals surface area contributed by atoms with Gasteiger partial charge in [0.1, 0.15) is 0 Å². The zero-order valence-electron chi connectivity index (χ0n) is 14.3. The van der Waals surface area contributed by atoms with E-state index in [1.54, 1.807) is 4.31 Å². The average molecular weight is 350 g/mol. The van der Waals surface area contributed by atoms with Crippen LogP contribution in [0.5, 0.6) is 0 Å². The molecule has 24 heavy (non-hydrogen) atoms. The minimum Gasteiger partial charge on any atom is -0.381 e. The highest BCUT2D eigenvalue weighted by atomic mass is 32.2. The molecular weight excluding hydrogens is 324 g/mol. The largest absolute Gasteiger partial charge is 0.381 e. The summed E-state index contributed by atoms with van der Waals surface area (Å²) in [5.41, 5.74) is 2.87. The molecule has 0 aliphatic carbocycles. The Morgan fingerprint density at radius 1 is 1.25 bits per heavy atom. The molecule has 0 saturated carbocycles. The zero-order chi connectivity index (χ0) is 16.8. The SMILES string of the molecule is CS(=O)(=O)N1CCC2(CC1)CN(C[C@H]1CCOC1)c1ccccc12. The summed E-state index contributed by atoms with van der Waals surface area (Å²) >= 11 is 0. The van der Waals surface area contributed by atoms with Crippen LogP contribution in [-0.2, 0) is 20.2 Å². The molecule has 3 aliphatic heterocycles. The van der Waals surface area contributed by atoms with Gasteiger partial charge in [-0.15, -0.1) is 0 Å². The Balaban J connectivity index is 1.57. The van der Waals surface area contributed by atoms with E-state index in [1.807, 2.05) is 0 Å². The first-order chi connectivity index (χ1) is 11.5. The number of anilines is 1. The second kappa shape index (κ2) is 6.00. The van der Waals surface area contributed by atoms with E-state index in [2.05, 4.69) is 29.2 Å². The lowest BCUT2D eigenvalue weighted by Crippen LogP contribution is -2.47. The summed E-state index contributed by atoms with van der Waals surface area (Å²) in [5, 5.41) is 0. The Bertz CT molecular complexity index is 705. The molecular formula is C18H26N2O3S. The van der Waals surface area contributed by atoms with Gasteiger partial charge in [-0.3, -0.25) is 0 Å². The lowest BCUT2D eigenvalue weighted by molar-refractivity contribution is 0.186. The van der Waals surface area contributed by atoms with E-state index in [0.29, 0.717) is 19.0 Å². The first-order valence-electron chi connectivity index (χ1n) is 8.85. The summed E-state index contributed by atoms with van der Waals surface area (Å²) in [6.45, 7) is 5.08. The fraction of sp³-hybridized carbons (Fsp3) is 0.667. The highest BCUT2D eigenvalue weighted by molar-refractivity contribution is 7.88. The highest BCUT2D eigenvalue weighted by Crippen LogP contribution is 2.47. The van der Waals surface area contributed by atoms with Crippen LogP contribution in [0.2, 0.25) is 0 Å². The van der Waals surface area contributed by atoms with Crippen molar-refractivity contribution in [2.24, 2.45) is 5.92 Å². The molecule has 2 fully saturated rings. The minimum absolute atomic E-state index is 0.108. The number of hydrogen-bond acceptors (Lipinski definition) is 4. The number of benzene rings is 1. The maximum atomic E-state index is 11.8. The van der Waals surface area contributed by atoms with Crippen LogP contribution in [0.25, 0.3) is 0 Å². The van der Waals surface area contributed by atoms with E-state index in [1.165, 1.54) is 17.5 Å². The monoisotopic (exact) mass is 350 g/mol. The maximum absolute atomic E-state index is 11.8. The van der Waals surface area contributed by atoms with Gasteiger partial charge in [-0.25, -0.2) is 12.7 Å². The van der Waals surface area contributed by atoms with Crippen molar-refractivity contribution < 1.29 is 13.2 Å². The molecule has 2 saturated heterocycles. The van der Waals surface area contributed by atoms with Crippen LogP contribution in [0, 0.1) is 5.92 Å². The summed E-state index contributed by atoms with van der Waals surface area (Å²) in [7, 11) is -3.08. The number of rotatable bonds is 3. The van der Waals surface area contributed by atoms with E-state index in [4.69, 9.17) is 4.74 Å². The lowest BCUT2D eigenvalue weighted by atomic mass is 9.75. The summed E-state index contributed by atoms with van der Waals surface area (Å²) in [5.74, 6) is 0.615. The first kappa shape index (κ1) is 16.4. The average Bonchev–Trinajstić information content (AvgIpc) is 3.16. The van der Waals surface area contributed by atoms with Gasteiger partial charge in [-0.1, -0.05) is 18.2 Å². The molecule has 0 amide bonds. The Morgan fingerprint density at radius 3 is 2.67 bits per heavy atom. The van der Waals surface area contributed by atoms with E-state index < -0.39 is 10.0 Å². The molecule has 4 rings (SSSR count). The Labute approximate surface area is 144 Å². The second-order valence-electron chi connectivity index (χ2n) is 7.57. The van der Waals surface area contributed by atoms with Gasteiger partial charge in [-0.05, 0) is 30.9 Å². The Morgan fingerprint density at radius 2 is 2.00 bits per heavy atom. The van der Waals surface area contributed by atoms with Gasteiger partial charge in [0, 0.05) is 49.8 Å². The third-order valence-electron chi connectivity index (χ3n) is 5.96. The second-order valence-corrected chi connectivity index (χ2v) is 9.55. The Hall–Kier alpha value is -1.11. The van der Waals surface area contributed by atoms with Crippen LogP contribution in [0.15, 0.2) is 24.3 Å². The highest BCUT2D eigenvalue weighted by Gasteiger charge is 2.45. The molecule has 3 aliphatic rings. The predicted octanol–water partition coefficient (Wildman–Crippen LogP) is 1.84. The summed E-state index contributed by atoms with van der Waals surface area (Å²) in [6.07, 6.45) is 4.29. The van der Waals surface area contributed by atoms with Gasteiger partial charge in [0.25, 0.3) is 0 Å². The maximum Gasteiger partial charge on any atom is 0.211 e. The van der Waals surface area contributed by atoms with Crippen molar-refractivity contribution in [2.45, 2.75) is 24.7 Å². The van der Waals surface area contributed by atoms with Crippen molar-refractivity contribution in [1.82, 2.24) is 4.31 Å². The molecule has 1 aromatic rings. The third-order valence-corrected chi connectivity index (χ3v) is 7.26. The molecule has 1 atom stereocenters. The number of ether oxygens (including phenoxy) is 1. The van der Waals surface area contributed by atoms with Crippen LogP contribution in [0.1, 0.15) is 24.8 Å². The van der Waals surface area contributed by atoms with E-state index >= 15 is 0 Å². The normalized spacial score (nSPS) is 26.9. The molecule has 0 radical (unpaired) electrons. The fourth-order valence-electron chi connectivity index (χ4n) is 4.61. The number of nitrogens with zero attached hydrogens (tertiary/aromatic N) is 2.